The number of carbonyl (C=O) groups excluding carboxylic acids is 1. The summed E-state index contributed by atoms with van der Waals surface area (Å²) in [6, 6.07) is 17.6. The van der Waals surface area contributed by atoms with Crippen LogP contribution in [0.3, 0.4) is 0 Å². The van der Waals surface area contributed by atoms with Crippen LogP contribution in [0.25, 0.3) is 5.69 Å². The number of nitrogens with zero attached hydrogens (tertiary/aromatic N) is 5. The summed E-state index contributed by atoms with van der Waals surface area (Å²) in [4.78, 5) is 19.3. The Bertz CT molecular complexity index is 1270. The highest BCUT2D eigenvalue weighted by Crippen LogP contribution is 2.24. The van der Waals surface area contributed by atoms with Crippen LogP contribution in [-0.4, -0.2) is 65.5 Å². The Morgan fingerprint density at radius 1 is 1.03 bits per heavy atom. The van der Waals surface area contributed by atoms with E-state index in [4.69, 9.17) is 0 Å². The van der Waals surface area contributed by atoms with Gasteiger partial charge in [0.05, 0.1) is 16.7 Å². The molecule has 1 saturated heterocycles. The maximum atomic E-state index is 13.3. The maximum Gasteiger partial charge on any atom is 0.272 e. The molecule has 2 aromatic carbocycles. The number of carbonyl (C=O) groups is 1. The molecule has 1 aliphatic rings. The maximum absolute atomic E-state index is 13.3. The van der Waals surface area contributed by atoms with Gasteiger partial charge in [-0.3, -0.25) is 9.36 Å². The minimum Gasteiger partial charge on any atom is -0.335 e. The molecule has 1 aromatic heterocycles. The number of imidazole rings is 1. The number of hydrogen-bond donors (Lipinski definition) is 0. The highest BCUT2D eigenvalue weighted by atomic mass is 32.2. The Morgan fingerprint density at radius 2 is 1.69 bits per heavy atom. The highest BCUT2D eigenvalue weighted by molar-refractivity contribution is 7.98. The molecule has 8 nitrogen and oxygen atoms in total. The predicted molar refractivity (Wildman–Crippen MR) is 121 cm³/mol. The van der Waals surface area contributed by atoms with E-state index in [1.807, 2.05) is 47.2 Å². The van der Waals surface area contributed by atoms with Crippen LogP contribution < -0.4 is 0 Å². The molecule has 2 heterocycles. The molecular formula is C22H21N5O3S2. The van der Waals surface area contributed by atoms with E-state index in [0.717, 1.165) is 5.69 Å². The molecule has 0 aliphatic carbocycles. The molecule has 0 atom stereocenters. The Morgan fingerprint density at radius 3 is 2.34 bits per heavy atom. The lowest BCUT2D eigenvalue weighted by molar-refractivity contribution is 0.0689. The number of para-hydroxylation sites is 1. The van der Waals surface area contributed by atoms with E-state index < -0.39 is 10.0 Å². The van der Waals surface area contributed by atoms with E-state index in [9.17, 15) is 18.5 Å². The highest BCUT2D eigenvalue weighted by Gasteiger charge is 2.33. The first-order valence-corrected chi connectivity index (χ1v) is 12.6. The number of benzene rings is 2. The summed E-state index contributed by atoms with van der Waals surface area (Å²) in [5.74, 6) is -0.198. The summed E-state index contributed by atoms with van der Waals surface area (Å²) >= 11 is 1.45. The summed E-state index contributed by atoms with van der Waals surface area (Å²) in [6.45, 7) is 0.814. The first kappa shape index (κ1) is 22.1. The quantitative estimate of drug-likeness (QED) is 0.535. The lowest BCUT2D eigenvalue weighted by Crippen LogP contribution is -2.50. The van der Waals surface area contributed by atoms with Gasteiger partial charge < -0.3 is 4.90 Å². The molecule has 1 amide bonds. The van der Waals surface area contributed by atoms with Gasteiger partial charge in [0.25, 0.3) is 5.91 Å². The van der Waals surface area contributed by atoms with Crippen molar-refractivity contribution in [3.8, 4) is 11.8 Å². The van der Waals surface area contributed by atoms with Gasteiger partial charge in [-0.25, -0.2) is 13.4 Å². The normalized spacial score (nSPS) is 14.8. The van der Waals surface area contributed by atoms with Crippen molar-refractivity contribution in [2.75, 3.05) is 32.4 Å². The molecule has 10 heteroatoms. The van der Waals surface area contributed by atoms with E-state index in [-0.39, 0.29) is 42.5 Å². The third-order valence-corrected chi connectivity index (χ3v) is 7.91. The topological polar surface area (TPSA) is 99.3 Å². The summed E-state index contributed by atoms with van der Waals surface area (Å²) in [6.07, 6.45) is 3.46. The number of aromatic nitrogens is 2. The number of thioether (sulfide) groups is 1. The fraction of sp³-hybridized carbons (Fsp3) is 0.227. The average Bonchev–Trinajstić information content (AvgIpc) is 3.28. The largest absolute Gasteiger partial charge is 0.335 e. The number of piperazine rings is 1. The van der Waals surface area contributed by atoms with Crippen molar-refractivity contribution in [2.45, 2.75) is 10.1 Å². The molecule has 0 N–H and O–H groups in total. The van der Waals surface area contributed by atoms with E-state index in [0.29, 0.717) is 10.9 Å². The summed E-state index contributed by atoms with van der Waals surface area (Å²) < 4.78 is 29.2. The zero-order valence-electron chi connectivity index (χ0n) is 17.4. The van der Waals surface area contributed by atoms with Crippen LogP contribution in [0.1, 0.15) is 16.1 Å². The fourth-order valence-corrected chi connectivity index (χ4v) is 5.78. The van der Waals surface area contributed by atoms with Gasteiger partial charge in [-0.15, -0.1) is 0 Å². The lowest BCUT2D eigenvalue weighted by atomic mass is 10.2. The molecule has 0 radical (unpaired) electrons. The summed E-state index contributed by atoms with van der Waals surface area (Å²) in [5, 5.41) is 9.97. The molecular weight excluding hydrogens is 446 g/mol. The molecule has 0 spiro atoms. The number of sulfonamides is 1. The monoisotopic (exact) mass is 467 g/mol. The third kappa shape index (κ3) is 4.02. The van der Waals surface area contributed by atoms with Gasteiger partial charge in [0.1, 0.15) is 11.8 Å². The van der Waals surface area contributed by atoms with Gasteiger partial charge in [-0.05, 0) is 30.5 Å². The van der Waals surface area contributed by atoms with Crippen LogP contribution in [0.5, 0.6) is 0 Å². The Hall–Kier alpha value is -3.13. The van der Waals surface area contributed by atoms with E-state index in [2.05, 4.69) is 4.98 Å². The number of hydrogen-bond acceptors (Lipinski definition) is 6. The Kier molecular flexibility index (Phi) is 6.32. The molecule has 0 bridgehead atoms. The molecule has 3 aromatic rings. The second-order valence-electron chi connectivity index (χ2n) is 7.11. The van der Waals surface area contributed by atoms with Crippen LogP contribution >= 0.6 is 11.8 Å². The van der Waals surface area contributed by atoms with Gasteiger partial charge in [-0.2, -0.15) is 9.57 Å². The minimum absolute atomic E-state index is 0.00552. The predicted octanol–water partition coefficient (Wildman–Crippen LogP) is 2.61. The average molecular weight is 468 g/mol. The lowest BCUT2D eigenvalue weighted by Gasteiger charge is -2.34. The SMILES string of the molecule is CSc1ncc(C(=O)N2CCN(S(=O)(=O)c3ccccc3C#N)CC2)n1-c1ccccc1. The zero-order chi connectivity index (χ0) is 22.7. The van der Waals surface area contributed by atoms with Crippen LogP contribution in [0.15, 0.2) is 70.8 Å². The van der Waals surface area contributed by atoms with Crippen LogP contribution in [-0.2, 0) is 10.0 Å². The van der Waals surface area contributed by atoms with Crippen molar-refractivity contribution in [1.82, 2.24) is 18.8 Å². The van der Waals surface area contributed by atoms with Crippen molar-refractivity contribution >= 4 is 27.7 Å². The standard InChI is InChI=1S/C22H21N5O3S2/c1-31-22-24-16-19(27(22)18-8-3-2-4-9-18)21(28)25-11-13-26(14-12-25)32(29,30)20-10-6-5-7-17(20)15-23/h2-10,16H,11-14H2,1H3. The summed E-state index contributed by atoms with van der Waals surface area (Å²) in [7, 11) is -3.82. The molecule has 164 valence electrons. The van der Waals surface area contributed by atoms with Crippen molar-refractivity contribution < 1.29 is 13.2 Å². The van der Waals surface area contributed by atoms with Crippen LogP contribution in [0.2, 0.25) is 0 Å². The van der Waals surface area contributed by atoms with Gasteiger partial charge >= 0.3 is 0 Å². The fourth-order valence-electron chi connectivity index (χ4n) is 3.67. The molecule has 0 unspecified atom stereocenters. The van der Waals surface area contributed by atoms with E-state index >= 15 is 0 Å². The Labute approximate surface area is 191 Å². The first-order valence-electron chi connectivity index (χ1n) is 9.93. The molecule has 1 fully saturated rings. The molecule has 0 saturated carbocycles. The number of nitriles is 1. The summed E-state index contributed by atoms with van der Waals surface area (Å²) in [5.41, 5.74) is 1.39. The van der Waals surface area contributed by atoms with Crippen LogP contribution in [0, 0.1) is 11.3 Å². The van der Waals surface area contributed by atoms with Gasteiger partial charge in [0.15, 0.2) is 5.16 Å². The zero-order valence-corrected chi connectivity index (χ0v) is 19.0. The second kappa shape index (κ2) is 9.16. The second-order valence-corrected chi connectivity index (χ2v) is 9.79. The third-order valence-electron chi connectivity index (χ3n) is 5.30. The van der Waals surface area contributed by atoms with Crippen molar-refractivity contribution in [1.29, 1.82) is 5.26 Å². The smallest absolute Gasteiger partial charge is 0.272 e. The van der Waals surface area contributed by atoms with Crippen molar-refractivity contribution in [3.05, 3.63) is 72.1 Å². The van der Waals surface area contributed by atoms with Crippen LogP contribution in [0.4, 0.5) is 0 Å². The van der Waals surface area contributed by atoms with E-state index in [1.165, 1.54) is 28.2 Å². The van der Waals surface area contributed by atoms with Gasteiger partial charge in [0.2, 0.25) is 10.0 Å². The minimum atomic E-state index is -3.82. The van der Waals surface area contributed by atoms with Gasteiger partial charge in [0, 0.05) is 31.9 Å². The first-order chi connectivity index (χ1) is 15.5. The molecule has 1 aliphatic heterocycles. The molecule has 4 rings (SSSR count). The van der Waals surface area contributed by atoms with Crippen molar-refractivity contribution in [2.24, 2.45) is 0 Å². The number of rotatable bonds is 5. The van der Waals surface area contributed by atoms with Crippen molar-refractivity contribution in [3.63, 3.8) is 0 Å². The Balaban J connectivity index is 1.54. The van der Waals surface area contributed by atoms with Gasteiger partial charge in [-0.1, -0.05) is 42.1 Å². The molecule has 32 heavy (non-hydrogen) atoms. The van der Waals surface area contributed by atoms with E-state index in [1.54, 1.807) is 23.2 Å². The number of amides is 1.